The van der Waals surface area contributed by atoms with Gasteiger partial charge in [0.2, 0.25) is 11.8 Å². The van der Waals surface area contributed by atoms with Gasteiger partial charge < -0.3 is 25.0 Å². The third-order valence-corrected chi connectivity index (χ3v) is 7.15. The molecule has 1 aromatic carbocycles. The van der Waals surface area contributed by atoms with Gasteiger partial charge >= 0.3 is 12.1 Å². The van der Waals surface area contributed by atoms with E-state index in [1.807, 2.05) is 45.9 Å². The molecule has 0 aliphatic heterocycles. The second-order valence-corrected chi connectivity index (χ2v) is 11.4. The summed E-state index contributed by atoms with van der Waals surface area (Å²) >= 11 is 0. The average Bonchev–Trinajstić information content (AvgIpc) is 2.80. The van der Waals surface area contributed by atoms with Gasteiger partial charge in [0.25, 0.3) is 0 Å². The average molecular weight is 546 g/mol. The first-order valence-corrected chi connectivity index (χ1v) is 14.1. The van der Waals surface area contributed by atoms with Crippen molar-refractivity contribution in [3.05, 3.63) is 34.9 Å². The van der Waals surface area contributed by atoms with Crippen LogP contribution in [0.15, 0.2) is 18.2 Å². The first kappa shape index (κ1) is 32.1. The van der Waals surface area contributed by atoms with E-state index in [1.54, 1.807) is 32.6 Å². The lowest BCUT2D eigenvalue weighted by Gasteiger charge is -2.45. The van der Waals surface area contributed by atoms with E-state index in [9.17, 15) is 19.2 Å². The van der Waals surface area contributed by atoms with Crippen LogP contribution in [0.25, 0.3) is 0 Å². The number of nitrogens with zero attached hydrogens (tertiary/aromatic N) is 1. The van der Waals surface area contributed by atoms with Crippen molar-refractivity contribution >= 4 is 23.9 Å². The Morgan fingerprint density at radius 1 is 1.08 bits per heavy atom. The van der Waals surface area contributed by atoms with Crippen molar-refractivity contribution in [3.8, 4) is 0 Å². The predicted molar refractivity (Wildman–Crippen MR) is 150 cm³/mol. The summed E-state index contributed by atoms with van der Waals surface area (Å²) in [6.07, 6.45) is 2.49. The van der Waals surface area contributed by atoms with Crippen molar-refractivity contribution in [1.29, 1.82) is 0 Å². The molecule has 0 saturated heterocycles. The summed E-state index contributed by atoms with van der Waals surface area (Å²) < 4.78 is 10.5. The molecule has 39 heavy (non-hydrogen) atoms. The first-order chi connectivity index (χ1) is 18.3. The van der Waals surface area contributed by atoms with Crippen molar-refractivity contribution in [3.63, 3.8) is 0 Å². The molecule has 1 fully saturated rings. The maximum absolute atomic E-state index is 14.4. The number of amides is 3. The van der Waals surface area contributed by atoms with Crippen molar-refractivity contribution in [2.45, 2.75) is 111 Å². The second-order valence-electron chi connectivity index (χ2n) is 11.4. The largest absolute Gasteiger partial charge is 0.466 e. The van der Waals surface area contributed by atoms with Crippen LogP contribution in [0.3, 0.4) is 0 Å². The van der Waals surface area contributed by atoms with Crippen LogP contribution in [0.1, 0.15) is 96.4 Å². The second kappa shape index (κ2) is 14.3. The highest BCUT2D eigenvalue weighted by Crippen LogP contribution is 2.36. The number of esters is 1. The van der Waals surface area contributed by atoms with Gasteiger partial charge in [-0.1, -0.05) is 38.5 Å². The molecule has 2 rings (SSSR count). The van der Waals surface area contributed by atoms with E-state index in [0.717, 1.165) is 36.0 Å². The quantitative estimate of drug-likeness (QED) is 0.367. The smallest absolute Gasteiger partial charge is 0.408 e. The number of carbonyl (C=O) groups is 4. The van der Waals surface area contributed by atoms with Crippen LogP contribution in [0.2, 0.25) is 0 Å². The number of aryl methyl sites for hydroxylation is 2. The van der Waals surface area contributed by atoms with Crippen molar-refractivity contribution in [1.82, 2.24) is 15.5 Å². The Hall–Kier alpha value is -3.10. The lowest BCUT2D eigenvalue weighted by Crippen LogP contribution is -2.59. The first-order valence-electron chi connectivity index (χ1n) is 14.1. The number of alkyl carbamates (subject to hydrolysis) is 1. The van der Waals surface area contributed by atoms with Gasteiger partial charge in [-0.15, -0.1) is 0 Å². The molecule has 0 aromatic heterocycles. The Bertz CT molecular complexity index is 994. The molecule has 1 aliphatic rings. The van der Waals surface area contributed by atoms with Crippen LogP contribution in [0.4, 0.5) is 4.79 Å². The lowest BCUT2D eigenvalue weighted by atomic mass is 9.85. The summed E-state index contributed by atoms with van der Waals surface area (Å²) in [5.74, 6) is -1.27. The topological polar surface area (TPSA) is 114 Å². The molecule has 3 amide bonds. The molecule has 218 valence electrons. The van der Waals surface area contributed by atoms with Crippen LogP contribution < -0.4 is 10.6 Å². The van der Waals surface area contributed by atoms with Crippen molar-refractivity contribution in [2.75, 3.05) is 13.2 Å². The molecule has 1 aromatic rings. The molecule has 1 saturated carbocycles. The van der Waals surface area contributed by atoms with Gasteiger partial charge in [0.05, 0.1) is 13.0 Å². The summed E-state index contributed by atoms with van der Waals surface area (Å²) in [5.41, 5.74) is 1.81. The minimum absolute atomic E-state index is 0.0339. The number of rotatable bonds is 12. The van der Waals surface area contributed by atoms with E-state index in [-0.39, 0.29) is 43.3 Å². The van der Waals surface area contributed by atoms with E-state index in [0.29, 0.717) is 6.42 Å². The molecule has 3 atom stereocenters. The summed E-state index contributed by atoms with van der Waals surface area (Å²) in [4.78, 5) is 54.6. The fourth-order valence-electron chi connectivity index (χ4n) is 4.73. The van der Waals surface area contributed by atoms with Gasteiger partial charge in [-0.05, 0) is 83.4 Å². The van der Waals surface area contributed by atoms with Gasteiger partial charge in [0.15, 0.2) is 0 Å². The number of nitrogens with one attached hydrogen (secondary N) is 2. The fraction of sp³-hybridized carbons (Fsp3) is 0.667. The highest BCUT2D eigenvalue weighted by atomic mass is 16.6. The maximum atomic E-state index is 14.4. The van der Waals surface area contributed by atoms with Crippen molar-refractivity contribution < 1.29 is 28.7 Å². The van der Waals surface area contributed by atoms with Crippen LogP contribution in [-0.2, 0) is 23.9 Å². The predicted octanol–water partition coefficient (Wildman–Crippen LogP) is 4.73. The van der Waals surface area contributed by atoms with Gasteiger partial charge in [0.1, 0.15) is 17.7 Å². The lowest BCUT2D eigenvalue weighted by molar-refractivity contribution is -0.149. The van der Waals surface area contributed by atoms with Crippen molar-refractivity contribution in [2.24, 2.45) is 5.92 Å². The van der Waals surface area contributed by atoms with E-state index in [4.69, 9.17) is 9.47 Å². The zero-order valence-corrected chi connectivity index (χ0v) is 24.9. The van der Waals surface area contributed by atoms with Crippen LogP contribution in [0, 0.1) is 19.8 Å². The Morgan fingerprint density at radius 2 is 1.69 bits per heavy atom. The number of benzene rings is 1. The Labute approximate surface area is 233 Å². The van der Waals surface area contributed by atoms with E-state index in [2.05, 4.69) is 10.6 Å². The molecule has 1 aliphatic carbocycles. The molecule has 0 heterocycles. The van der Waals surface area contributed by atoms with Gasteiger partial charge in [-0.3, -0.25) is 14.4 Å². The third kappa shape index (κ3) is 8.97. The summed E-state index contributed by atoms with van der Waals surface area (Å²) in [7, 11) is 0. The van der Waals surface area contributed by atoms with Gasteiger partial charge in [-0.2, -0.15) is 0 Å². The highest BCUT2D eigenvalue weighted by molar-refractivity contribution is 5.93. The summed E-state index contributed by atoms with van der Waals surface area (Å²) in [6.45, 7) is 15.1. The minimum atomic E-state index is -0.918. The standard InChI is InChI=1S/C30H47N3O6/c1-9-19(3)25(32-29(37)39-30(6,7)8)28(36)33(22-15-12-16-22)26(24-20(4)13-11-14-21(24)5)27(35)31-18-17-23(34)38-10-2/h11,13-14,19,22,25-26H,9-10,12,15-18H2,1-8H3,(H,31,35)(H,32,37). The molecular weight excluding hydrogens is 498 g/mol. The Morgan fingerprint density at radius 3 is 2.18 bits per heavy atom. The molecule has 2 N–H and O–H groups in total. The van der Waals surface area contributed by atoms with Gasteiger partial charge in [-0.25, -0.2) is 4.79 Å². The van der Waals surface area contributed by atoms with Gasteiger partial charge in [0, 0.05) is 12.6 Å². The van der Waals surface area contributed by atoms with Crippen LogP contribution in [0.5, 0.6) is 0 Å². The molecule has 0 bridgehead atoms. The third-order valence-electron chi connectivity index (χ3n) is 7.15. The fourth-order valence-corrected chi connectivity index (χ4v) is 4.73. The molecule has 0 radical (unpaired) electrons. The number of hydrogen-bond donors (Lipinski definition) is 2. The van der Waals surface area contributed by atoms with E-state index in [1.165, 1.54) is 0 Å². The zero-order valence-electron chi connectivity index (χ0n) is 24.9. The van der Waals surface area contributed by atoms with Crippen LogP contribution >= 0.6 is 0 Å². The summed E-state index contributed by atoms with van der Waals surface area (Å²) in [5, 5.41) is 5.68. The zero-order chi connectivity index (χ0) is 29.3. The maximum Gasteiger partial charge on any atom is 0.408 e. The number of hydrogen-bond acceptors (Lipinski definition) is 6. The monoisotopic (exact) mass is 545 g/mol. The van der Waals surface area contributed by atoms with E-state index >= 15 is 0 Å². The highest BCUT2D eigenvalue weighted by Gasteiger charge is 2.43. The SMILES string of the molecule is CCOC(=O)CCNC(=O)C(c1c(C)cccc1C)N(C(=O)C(NC(=O)OC(C)(C)C)C(C)CC)C1CCC1. The molecule has 0 spiro atoms. The molecule has 3 unspecified atom stereocenters. The summed E-state index contributed by atoms with van der Waals surface area (Å²) in [6, 6.07) is 3.84. The Kier molecular flexibility index (Phi) is 11.8. The van der Waals surface area contributed by atoms with E-state index < -0.39 is 29.7 Å². The minimum Gasteiger partial charge on any atom is -0.466 e. The van der Waals surface area contributed by atoms with Crippen LogP contribution in [-0.4, -0.2) is 59.6 Å². The molecule has 9 nitrogen and oxygen atoms in total. The normalized spacial score (nSPS) is 15.8. The number of ether oxygens (including phenoxy) is 2. The molecular formula is C30H47N3O6. The Balaban J connectivity index is 2.51. The number of carbonyl (C=O) groups excluding carboxylic acids is 4. The molecule has 9 heteroatoms.